The van der Waals surface area contributed by atoms with Gasteiger partial charge in [-0.25, -0.2) is 0 Å². The van der Waals surface area contributed by atoms with E-state index in [-0.39, 0.29) is 11.8 Å². The fourth-order valence-electron chi connectivity index (χ4n) is 2.76. The highest BCUT2D eigenvalue weighted by Gasteiger charge is 2.26. The van der Waals surface area contributed by atoms with Crippen LogP contribution in [0.3, 0.4) is 0 Å². The van der Waals surface area contributed by atoms with Crippen molar-refractivity contribution in [1.82, 2.24) is 10.5 Å². The van der Waals surface area contributed by atoms with Crippen LogP contribution in [0.4, 0.5) is 0 Å². The van der Waals surface area contributed by atoms with E-state index < -0.39 is 0 Å². The van der Waals surface area contributed by atoms with Gasteiger partial charge in [0.15, 0.2) is 0 Å². The number of nitrogens with zero attached hydrogens (tertiary/aromatic N) is 1. The molecule has 0 aliphatic carbocycles. The van der Waals surface area contributed by atoms with Crippen molar-refractivity contribution in [1.29, 1.82) is 0 Å². The topological polar surface area (TPSA) is 64.4 Å². The van der Waals surface area contributed by atoms with E-state index in [1.54, 1.807) is 0 Å². The van der Waals surface area contributed by atoms with Crippen LogP contribution in [0.1, 0.15) is 29.5 Å². The Balaban J connectivity index is 1.62. The van der Waals surface area contributed by atoms with Crippen LogP contribution >= 0.6 is 0 Å². The summed E-state index contributed by atoms with van der Waals surface area (Å²) in [6.45, 7) is 4.77. The first-order valence-electron chi connectivity index (χ1n) is 7.61. The molecule has 1 aromatic heterocycles. The van der Waals surface area contributed by atoms with E-state index in [4.69, 9.17) is 9.26 Å². The van der Waals surface area contributed by atoms with Crippen molar-refractivity contribution >= 4 is 5.91 Å². The molecule has 22 heavy (non-hydrogen) atoms. The zero-order valence-electron chi connectivity index (χ0n) is 12.9. The minimum atomic E-state index is -0.153. The Kier molecular flexibility index (Phi) is 4.13. The normalized spacial score (nSPS) is 16.7. The van der Waals surface area contributed by atoms with Crippen molar-refractivity contribution < 1.29 is 14.1 Å². The van der Waals surface area contributed by atoms with Crippen LogP contribution in [0.15, 0.2) is 28.8 Å². The molecule has 1 aliphatic heterocycles. The lowest BCUT2D eigenvalue weighted by atomic mass is 9.96. The van der Waals surface area contributed by atoms with Crippen molar-refractivity contribution in [3.63, 3.8) is 0 Å². The Morgan fingerprint density at radius 1 is 1.41 bits per heavy atom. The molecule has 0 spiro atoms. The van der Waals surface area contributed by atoms with Gasteiger partial charge in [-0.2, -0.15) is 0 Å². The van der Waals surface area contributed by atoms with Gasteiger partial charge < -0.3 is 14.6 Å². The van der Waals surface area contributed by atoms with Gasteiger partial charge in [-0.1, -0.05) is 30.3 Å². The van der Waals surface area contributed by atoms with E-state index >= 15 is 0 Å². The molecule has 1 atom stereocenters. The zero-order valence-corrected chi connectivity index (χ0v) is 12.9. The molecule has 1 aliphatic rings. The van der Waals surface area contributed by atoms with E-state index in [9.17, 15) is 4.79 Å². The van der Waals surface area contributed by atoms with Crippen LogP contribution in [-0.2, 0) is 24.2 Å². The van der Waals surface area contributed by atoms with Crippen molar-refractivity contribution in [3.8, 4) is 5.75 Å². The van der Waals surface area contributed by atoms with Gasteiger partial charge in [-0.3, -0.25) is 4.79 Å². The Labute approximate surface area is 129 Å². The van der Waals surface area contributed by atoms with E-state index in [2.05, 4.69) is 10.5 Å². The zero-order chi connectivity index (χ0) is 15.5. The van der Waals surface area contributed by atoms with Gasteiger partial charge in [-0.15, -0.1) is 0 Å². The van der Waals surface area contributed by atoms with Gasteiger partial charge >= 0.3 is 0 Å². The summed E-state index contributed by atoms with van der Waals surface area (Å²) in [7, 11) is 0. The number of para-hydroxylation sites is 1. The van der Waals surface area contributed by atoms with Crippen LogP contribution < -0.4 is 10.1 Å². The number of hydrogen-bond donors (Lipinski definition) is 1. The third-order valence-electron chi connectivity index (χ3n) is 4.09. The maximum atomic E-state index is 12.4. The van der Waals surface area contributed by atoms with Gasteiger partial charge in [0.2, 0.25) is 5.91 Å². The minimum Gasteiger partial charge on any atom is -0.492 e. The highest BCUT2D eigenvalue weighted by atomic mass is 16.5. The predicted molar refractivity (Wildman–Crippen MR) is 81.6 cm³/mol. The lowest BCUT2D eigenvalue weighted by Crippen LogP contribution is -2.37. The molecule has 5 heteroatoms. The van der Waals surface area contributed by atoms with Gasteiger partial charge in [0.05, 0.1) is 11.6 Å². The molecular weight excluding hydrogens is 280 g/mol. The van der Waals surface area contributed by atoms with Crippen molar-refractivity contribution in [2.24, 2.45) is 5.92 Å². The first-order chi connectivity index (χ1) is 10.7. The van der Waals surface area contributed by atoms with Crippen LogP contribution in [-0.4, -0.2) is 17.7 Å². The molecule has 0 saturated carbocycles. The van der Waals surface area contributed by atoms with Crippen molar-refractivity contribution in [3.05, 3.63) is 46.8 Å². The smallest absolute Gasteiger partial charge is 0.227 e. The predicted octanol–water partition coefficient (Wildman–Crippen LogP) is 2.41. The number of amides is 1. The number of fused-ring (bicyclic) bond motifs is 1. The average molecular weight is 300 g/mol. The number of nitrogens with one attached hydrogen (secondary N) is 1. The number of aryl methyl sites for hydroxylation is 2. The second-order valence-electron chi connectivity index (χ2n) is 5.56. The summed E-state index contributed by atoms with van der Waals surface area (Å²) in [4.78, 5) is 12.4. The number of aromatic nitrogens is 1. The summed E-state index contributed by atoms with van der Waals surface area (Å²) >= 11 is 0. The molecule has 3 rings (SSSR count). The number of carbonyl (C=O) groups is 1. The van der Waals surface area contributed by atoms with Crippen molar-refractivity contribution in [2.45, 2.75) is 33.2 Å². The monoisotopic (exact) mass is 300 g/mol. The third-order valence-corrected chi connectivity index (χ3v) is 4.09. The number of benzene rings is 1. The summed E-state index contributed by atoms with van der Waals surface area (Å²) in [5.41, 5.74) is 2.97. The van der Waals surface area contributed by atoms with E-state index in [0.29, 0.717) is 19.6 Å². The SMILES string of the molecule is CCc1noc(C)c1CNC(=O)C1COc2ccccc2C1. The highest BCUT2D eigenvalue weighted by molar-refractivity contribution is 5.79. The summed E-state index contributed by atoms with van der Waals surface area (Å²) in [6.07, 6.45) is 1.51. The first kappa shape index (κ1) is 14.6. The molecule has 1 N–H and O–H groups in total. The first-order valence-corrected chi connectivity index (χ1v) is 7.61. The molecule has 2 aromatic rings. The highest BCUT2D eigenvalue weighted by Crippen LogP contribution is 2.27. The quantitative estimate of drug-likeness (QED) is 0.942. The fourth-order valence-corrected chi connectivity index (χ4v) is 2.76. The lowest BCUT2D eigenvalue weighted by molar-refractivity contribution is -0.126. The Bertz CT molecular complexity index is 678. The van der Waals surface area contributed by atoms with Crippen LogP contribution in [0, 0.1) is 12.8 Å². The van der Waals surface area contributed by atoms with Gasteiger partial charge in [0, 0.05) is 12.1 Å². The van der Waals surface area contributed by atoms with Gasteiger partial charge in [0.25, 0.3) is 0 Å². The lowest BCUT2D eigenvalue weighted by Gasteiger charge is -2.24. The van der Waals surface area contributed by atoms with Crippen LogP contribution in [0.2, 0.25) is 0 Å². The molecule has 1 amide bonds. The number of rotatable bonds is 4. The maximum absolute atomic E-state index is 12.4. The minimum absolute atomic E-state index is 0.0113. The van der Waals surface area contributed by atoms with Crippen molar-refractivity contribution in [2.75, 3.05) is 6.61 Å². The molecule has 1 aromatic carbocycles. The average Bonchev–Trinajstić information content (AvgIpc) is 2.92. The molecule has 2 heterocycles. The molecule has 0 saturated heterocycles. The Morgan fingerprint density at radius 3 is 3.05 bits per heavy atom. The molecular formula is C17H20N2O3. The molecule has 1 unspecified atom stereocenters. The third kappa shape index (κ3) is 2.84. The summed E-state index contributed by atoms with van der Waals surface area (Å²) < 4.78 is 10.9. The Hall–Kier alpha value is -2.30. The molecule has 116 valence electrons. The summed E-state index contributed by atoms with van der Waals surface area (Å²) in [5, 5.41) is 6.99. The number of hydrogen-bond acceptors (Lipinski definition) is 4. The van der Waals surface area contributed by atoms with E-state index in [1.165, 1.54) is 0 Å². The van der Waals surface area contributed by atoms with E-state index in [1.807, 2.05) is 38.1 Å². The van der Waals surface area contributed by atoms with Gasteiger partial charge in [-0.05, 0) is 31.4 Å². The Morgan fingerprint density at radius 2 is 2.23 bits per heavy atom. The largest absolute Gasteiger partial charge is 0.492 e. The standard InChI is InChI=1S/C17H20N2O3/c1-3-15-14(11(2)22-19-15)9-18-17(20)13-8-12-6-4-5-7-16(12)21-10-13/h4-7,13H,3,8-10H2,1-2H3,(H,18,20). The second-order valence-corrected chi connectivity index (χ2v) is 5.56. The maximum Gasteiger partial charge on any atom is 0.227 e. The van der Waals surface area contributed by atoms with E-state index in [0.717, 1.165) is 34.8 Å². The molecule has 0 fully saturated rings. The second kappa shape index (κ2) is 6.22. The molecule has 0 radical (unpaired) electrons. The van der Waals surface area contributed by atoms with Crippen LogP contribution in [0.25, 0.3) is 0 Å². The van der Waals surface area contributed by atoms with Crippen LogP contribution in [0.5, 0.6) is 5.75 Å². The summed E-state index contributed by atoms with van der Waals surface area (Å²) in [5.74, 6) is 1.51. The van der Waals surface area contributed by atoms with Gasteiger partial charge in [0.1, 0.15) is 18.1 Å². The number of carbonyl (C=O) groups excluding carboxylic acids is 1. The summed E-state index contributed by atoms with van der Waals surface area (Å²) in [6, 6.07) is 7.86. The number of ether oxygens (including phenoxy) is 1. The fraction of sp³-hybridized carbons (Fsp3) is 0.412. The molecule has 0 bridgehead atoms. The molecule has 5 nitrogen and oxygen atoms in total.